The second kappa shape index (κ2) is 45.6. The number of aryl methyl sites for hydroxylation is 4. The van der Waals surface area contributed by atoms with E-state index in [0.29, 0.717) is 10.8 Å². The Morgan fingerprint density at radius 3 is 0.652 bits per heavy atom. The normalized spacial score (nSPS) is 12.4. The number of rotatable bonds is 30. The highest BCUT2D eigenvalue weighted by molar-refractivity contribution is 5.92. The summed E-state index contributed by atoms with van der Waals surface area (Å²) in [5, 5.41) is 0. The first-order valence-electron chi connectivity index (χ1n) is 53.3. The van der Waals surface area contributed by atoms with Crippen LogP contribution in [0.15, 0.2) is 243 Å². The van der Waals surface area contributed by atoms with E-state index < -0.39 is 0 Å². The van der Waals surface area contributed by atoms with Gasteiger partial charge in [-0.25, -0.2) is 0 Å². The van der Waals surface area contributed by atoms with Gasteiger partial charge in [0, 0.05) is 0 Å². The van der Waals surface area contributed by atoms with Gasteiger partial charge in [-0.2, -0.15) is 0 Å². The van der Waals surface area contributed by atoms with E-state index in [-0.39, 0.29) is 32.5 Å². The van der Waals surface area contributed by atoms with E-state index in [1.54, 1.807) is 5.56 Å². The lowest BCUT2D eigenvalue weighted by atomic mass is 9.72. The van der Waals surface area contributed by atoms with Crippen LogP contribution < -0.4 is 0 Å². The van der Waals surface area contributed by atoms with Crippen LogP contribution in [0.5, 0.6) is 0 Å². The van der Waals surface area contributed by atoms with Crippen molar-refractivity contribution in [3.05, 3.63) is 343 Å². The van der Waals surface area contributed by atoms with Crippen LogP contribution in [-0.4, -0.2) is 0 Å². The van der Waals surface area contributed by atoms with Crippen molar-refractivity contribution in [2.75, 3.05) is 0 Å². The van der Waals surface area contributed by atoms with Crippen molar-refractivity contribution in [3.63, 3.8) is 0 Å². The number of hydrogen-bond donors (Lipinski definition) is 0. The quantitative estimate of drug-likeness (QED) is 0.0394. The molecule has 0 nitrogen and oxygen atoms in total. The molecule has 0 bridgehead atoms. The van der Waals surface area contributed by atoms with Gasteiger partial charge in [-0.3, -0.25) is 0 Å². The summed E-state index contributed by atoms with van der Waals surface area (Å²) < 4.78 is 0. The van der Waals surface area contributed by atoms with Crippen LogP contribution in [0, 0.1) is 66.2 Å². The fourth-order valence-electron chi connectivity index (χ4n) is 21.8. The molecule has 13 aromatic carbocycles. The van der Waals surface area contributed by atoms with E-state index in [1.165, 1.54) is 309 Å². The highest BCUT2D eigenvalue weighted by Crippen LogP contribution is 2.49. The third-order valence-corrected chi connectivity index (χ3v) is 29.7. The topological polar surface area (TPSA) is 0 Å². The van der Waals surface area contributed by atoms with Gasteiger partial charge in [0.05, 0.1) is 0 Å². The predicted molar refractivity (Wildman–Crippen MR) is 613 cm³/mol. The number of unbranched alkanes of at least 4 members (excludes halogenated alkanes) is 8. The molecular formula is C138H178. The molecule has 138 heavy (non-hydrogen) atoms. The van der Waals surface area contributed by atoms with E-state index in [0.717, 1.165) is 12.8 Å². The maximum absolute atomic E-state index is 2.44. The average molecular weight is 1840 g/mol. The smallest absolute Gasteiger partial charge is 0.00986 e. The van der Waals surface area contributed by atoms with E-state index >= 15 is 0 Å². The van der Waals surface area contributed by atoms with Crippen LogP contribution in [0.3, 0.4) is 0 Å². The monoisotopic (exact) mass is 1840 g/mol. The molecule has 13 aromatic rings. The van der Waals surface area contributed by atoms with Gasteiger partial charge in [-0.1, -0.05) is 450 Å². The van der Waals surface area contributed by atoms with E-state index in [1.807, 2.05) is 0 Å². The Labute approximate surface area is 842 Å². The molecule has 0 aromatic heterocycles. The first-order valence-corrected chi connectivity index (χ1v) is 53.3. The van der Waals surface area contributed by atoms with Crippen molar-refractivity contribution in [3.8, 4) is 111 Å². The first-order chi connectivity index (χ1) is 64.8. The van der Waals surface area contributed by atoms with Crippen molar-refractivity contribution in [2.24, 2.45) is 10.8 Å². The van der Waals surface area contributed by atoms with Gasteiger partial charge in [-0.05, 0) is 399 Å². The summed E-state index contributed by atoms with van der Waals surface area (Å²) in [5.74, 6) is 0. The second-order valence-electron chi connectivity index (χ2n) is 49.2. The molecule has 0 saturated carbocycles. The van der Waals surface area contributed by atoms with Crippen LogP contribution in [0.4, 0.5) is 0 Å². The van der Waals surface area contributed by atoms with Gasteiger partial charge in [0.2, 0.25) is 0 Å². The summed E-state index contributed by atoms with van der Waals surface area (Å²) in [6.07, 6.45) is 22.3. The summed E-state index contributed by atoms with van der Waals surface area (Å²) in [7, 11) is 0. The molecule has 0 heteroatoms. The largest absolute Gasteiger partial charge is 0.0654 e. The SMILES string of the molecule is CCCCCCc1c(-c2ccc(C(C)(C)CC(C)(C)C)cc2)cc(C)cc1-c1ccc(C(C)(C)CC(C)(C)C)cc1.CCCCCCc1c(-c2ccc(CCCC)cc2)c(C)c(C)c(C)c1-c1ccc(CCCC)cc1.Cc1cc(-c2cc(-c3ccc(C(C)(C)C)cc3)c(C)c(-c3ccc(C(C)(C)C)cc3)c2)c(C)c(-c2cc(-c3ccc(C(C)(C)C)cc3)c(C)c(-c3ccc(C(C)(C)C)cc3)c2)c1. The van der Waals surface area contributed by atoms with Crippen molar-refractivity contribution < 1.29 is 0 Å². The summed E-state index contributed by atoms with van der Waals surface area (Å²) in [4.78, 5) is 0. The Balaban J connectivity index is 0.000000209. The Hall–Kier alpha value is -10.1. The highest BCUT2D eigenvalue weighted by atomic mass is 14.4. The molecule has 0 aliphatic carbocycles. The van der Waals surface area contributed by atoms with Crippen molar-refractivity contribution in [1.29, 1.82) is 0 Å². The Bertz CT molecular complexity index is 5660. The van der Waals surface area contributed by atoms with Gasteiger partial charge in [0.15, 0.2) is 0 Å². The Kier molecular flexibility index (Phi) is 35.8. The highest BCUT2D eigenvalue weighted by Gasteiger charge is 2.32. The minimum Gasteiger partial charge on any atom is -0.0654 e. The van der Waals surface area contributed by atoms with Crippen LogP contribution in [0.2, 0.25) is 0 Å². The molecule has 13 rings (SSSR count). The van der Waals surface area contributed by atoms with Crippen molar-refractivity contribution >= 4 is 0 Å². The molecular weight excluding hydrogens is 1660 g/mol. The molecule has 0 N–H and O–H groups in total. The van der Waals surface area contributed by atoms with Gasteiger partial charge in [-0.15, -0.1) is 0 Å². The summed E-state index contributed by atoms with van der Waals surface area (Å²) in [6.45, 7) is 78.7. The number of benzene rings is 13. The molecule has 0 saturated heterocycles. The lowest BCUT2D eigenvalue weighted by molar-refractivity contribution is 0.283. The molecule has 0 radical (unpaired) electrons. The molecule has 0 unspecified atom stereocenters. The molecule has 730 valence electrons. The zero-order valence-electron chi connectivity index (χ0n) is 92.8. The third-order valence-electron chi connectivity index (χ3n) is 29.7. The fourth-order valence-corrected chi connectivity index (χ4v) is 21.8. The average Bonchev–Trinajstić information content (AvgIpc) is 0.746. The van der Waals surface area contributed by atoms with Gasteiger partial charge < -0.3 is 0 Å². The van der Waals surface area contributed by atoms with Crippen LogP contribution in [0.1, 0.15) is 370 Å². The minimum atomic E-state index is 0.0892. The predicted octanol–water partition coefficient (Wildman–Crippen LogP) is 41.7. The van der Waals surface area contributed by atoms with E-state index in [4.69, 9.17) is 0 Å². The molecule has 0 fully saturated rings. The molecule has 0 aliphatic heterocycles. The van der Waals surface area contributed by atoms with Gasteiger partial charge in [0.1, 0.15) is 0 Å². The maximum atomic E-state index is 2.44. The molecule has 0 atom stereocenters. The summed E-state index contributed by atoms with van der Waals surface area (Å²) >= 11 is 0. The Morgan fingerprint density at radius 1 is 0.181 bits per heavy atom. The van der Waals surface area contributed by atoms with Crippen LogP contribution >= 0.6 is 0 Å². The molecule has 0 aliphatic rings. The summed E-state index contributed by atoms with van der Waals surface area (Å²) in [6, 6.07) is 94.6. The minimum absolute atomic E-state index is 0.0892. The third kappa shape index (κ3) is 27.8. The van der Waals surface area contributed by atoms with Crippen LogP contribution in [0.25, 0.3) is 111 Å². The lowest BCUT2D eigenvalue weighted by Crippen LogP contribution is -2.24. The zero-order valence-corrected chi connectivity index (χ0v) is 92.8. The fraction of sp³-hybridized carbons (Fsp3) is 0.435. The number of hydrogen-bond acceptors (Lipinski definition) is 0. The zero-order chi connectivity index (χ0) is 101. The molecule has 0 amide bonds. The standard InChI is InChI=1S/C62H70.C41H60.C35H48/c1-39-33-53(47-35-55(43-17-25-49(26-18-43)59(5,6)7)41(3)56(36-47)44-19-27-50(28-20-44)60(8,9)10)40(2)54(34-39)48-37-57(45-21-29-51(30-22-45)61(11,12)13)42(4)58(38-48)46-23-31-52(32-24-46)62(14,15)16;1-13-14-15-16-17-35-36(31-18-22-33(23-19-31)40(9,10)28-38(3,4)5)26-30(2)27-37(35)32-20-24-34(25-21-32)41(11,12)29-39(6,7)8;1-7-10-13-14-17-33-34(31-22-18-29(19-23-31)15-11-8-2)27(5)26(4)28(6)35(33)32-24-20-30(21-25-32)16-12-9-3/h17-38H,1-16H3;18-27H,13-17,28-29H2,1-12H3;18-25H,7-17H2,1-6H3. The van der Waals surface area contributed by atoms with Gasteiger partial charge >= 0.3 is 0 Å². The summed E-state index contributed by atoms with van der Waals surface area (Å²) in [5.41, 5.74) is 52.7. The van der Waals surface area contributed by atoms with Crippen molar-refractivity contribution in [2.45, 2.75) is 383 Å². The first kappa shape index (κ1) is 108. The molecule has 0 spiro atoms. The second-order valence-corrected chi connectivity index (χ2v) is 49.2. The van der Waals surface area contributed by atoms with Crippen LogP contribution in [-0.2, 0) is 58.2 Å². The van der Waals surface area contributed by atoms with Gasteiger partial charge in [0.25, 0.3) is 0 Å². The molecule has 0 heterocycles. The van der Waals surface area contributed by atoms with E-state index in [9.17, 15) is 0 Å². The maximum Gasteiger partial charge on any atom is -0.00986 e. The van der Waals surface area contributed by atoms with Crippen molar-refractivity contribution in [1.82, 2.24) is 0 Å². The Morgan fingerprint density at radius 2 is 0.406 bits per heavy atom. The van der Waals surface area contributed by atoms with E-state index in [2.05, 4.69) is 478 Å². The lowest BCUT2D eigenvalue weighted by Gasteiger charge is -2.33.